The van der Waals surface area contributed by atoms with E-state index in [1.807, 2.05) is 115 Å². The van der Waals surface area contributed by atoms with Crippen molar-refractivity contribution in [2.75, 3.05) is 6.61 Å². The van der Waals surface area contributed by atoms with Gasteiger partial charge in [0.2, 0.25) is 5.75 Å². The maximum atomic E-state index is 13.1. The summed E-state index contributed by atoms with van der Waals surface area (Å²) in [6.45, 7) is 1.90. The Bertz CT molecular complexity index is 1880. The van der Waals surface area contributed by atoms with Crippen LogP contribution >= 0.6 is 0 Å². The van der Waals surface area contributed by atoms with Gasteiger partial charge >= 0.3 is 11.7 Å². The quantitative estimate of drug-likeness (QED) is 0.0996. The van der Waals surface area contributed by atoms with Gasteiger partial charge in [0.25, 0.3) is 0 Å². The molecule has 0 fully saturated rings. The van der Waals surface area contributed by atoms with E-state index in [1.54, 1.807) is 6.92 Å². The second-order valence-corrected chi connectivity index (χ2v) is 10.6. The molecular formula is C37H30N4O5. The smallest absolute Gasteiger partial charge is 0.341 e. The van der Waals surface area contributed by atoms with E-state index in [1.165, 1.54) is 12.1 Å². The molecule has 6 rings (SSSR count). The van der Waals surface area contributed by atoms with Gasteiger partial charge < -0.3 is 15.2 Å². The Hall–Kier alpha value is -6.09. The maximum absolute atomic E-state index is 13.1. The number of ether oxygens (including phenoxy) is 1. The molecule has 46 heavy (non-hydrogen) atoms. The fourth-order valence-corrected chi connectivity index (χ4v) is 5.64. The molecule has 0 saturated carbocycles. The number of carbonyl (C=O) groups excluding carboxylic acids is 1. The molecule has 5 aromatic rings. The summed E-state index contributed by atoms with van der Waals surface area (Å²) in [6.07, 6.45) is 0. The summed E-state index contributed by atoms with van der Waals surface area (Å²) in [4.78, 5) is 33.7. The molecule has 0 bridgehead atoms. The molecule has 228 valence electrons. The lowest BCUT2D eigenvalue weighted by Gasteiger charge is -2.33. The second-order valence-electron chi connectivity index (χ2n) is 10.6. The SMILES string of the molecule is CCOc1cc(C2NC(=O)N=C(c3ccc(N=C(c4ccccc4)c4ccccc4)cc3)C2c2ccccc2)cc([N+](=O)[O-])c1O. The number of aliphatic imine (C=N–C) groups is 2. The van der Waals surface area contributed by atoms with Gasteiger partial charge in [-0.15, -0.1) is 0 Å². The molecular weight excluding hydrogens is 580 g/mol. The van der Waals surface area contributed by atoms with Crippen molar-refractivity contribution in [3.63, 3.8) is 0 Å². The van der Waals surface area contributed by atoms with E-state index in [0.717, 1.165) is 28.1 Å². The molecule has 1 aliphatic rings. The fraction of sp³-hybridized carbons (Fsp3) is 0.108. The van der Waals surface area contributed by atoms with Crippen molar-refractivity contribution in [2.45, 2.75) is 18.9 Å². The standard InChI is InChI=1S/C37H30N4O5/c1-2-46-31-23-28(22-30(36(31)42)41(44)45)35-32(24-12-6-3-7-13-24)34(39-37(43)40-35)27-18-20-29(21-19-27)38-33(25-14-8-4-9-15-25)26-16-10-5-11-17-26/h3-23,32,35,42H,2H2,1H3,(H,40,43). The molecule has 0 spiro atoms. The van der Waals surface area contributed by atoms with Crippen LogP contribution in [0.2, 0.25) is 0 Å². The summed E-state index contributed by atoms with van der Waals surface area (Å²) >= 11 is 0. The number of aromatic hydroxyl groups is 1. The monoisotopic (exact) mass is 610 g/mol. The zero-order valence-electron chi connectivity index (χ0n) is 24.9. The zero-order valence-corrected chi connectivity index (χ0v) is 24.9. The van der Waals surface area contributed by atoms with Crippen LogP contribution < -0.4 is 10.1 Å². The van der Waals surface area contributed by atoms with E-state index in [4.69, 9.17) is 9.73 Å². The number of carbonyl (C=O) groups is 1. The number of hydrogen-bond acceptors (Lipinski definition) is 6. The highest BCUT2D eigenvalue weighted by Crippen LogP contribution is 2.43. The maximum Gasteiger partial charge on any atom is 0.341 e. The van der Waals surface area contributed by atoms with Crippen LogP contribution in [-0.4, -0.2) is 34.1 Å². The Morgan fingerprint density at radius 2 is 1.46 bits per heavy atom. The molecule has 9 nitrogen and oxygen atoms in total. The summed E-state index contributed by atoms with van der Waals surface area (Å²) in [5, 5.41) is 25.3. The molecule has 2 amide bonds. The van der Waals surface area contributed by atoms with Gasteiger partial charge in [0, 0.05) is 17.2 Å². The lowest BCUT2D eigenvalue weighted by Crippen LogP contribution is -2.40. The number of phenols is 1. The lowest BCUT2D eigenvalue weighted by atomic mass is 9.80. The highest BCUT2D eigenvalue weighted by Gasteiger charge is 2.37. The van der Waals surface area contributed by atoms with E-state index in [2.05, 4.69) is 10.3 Å². The largest absolute Gasteiger partial charge is 0.500 e. The summed E-state index contributed by atoms with van der Waals surface area (Å²) in [5.74, 6) is -1.12. The first-order chi connectivity index (χ1) is 22.4. The molecule has 0 aliphatic carbocycles. The first-order valence-electron chi connectivity index (χ1n) is 14.8. The third-order valence-corrected chi connectivity index (χ3v) is 7.72. The van der Waals surface area contributed by atoms with Gasteiger partial charge in [0.15, 0.2) is 5.75 Å². The number of benzene rings is 5. The third-order valence-electron chi connectivity index (χ3n) is 7.72. The minimum atomic E-state index is -0.749. The fourth-order valence-electron chi connectivity index (χ4n) is 5.64. The highest BCUT2D eigenvalue weighted by molar-refractivity contribution is 6.14. The molecule has 0 aromatic heterocycles. The molecule has 1 heterocycles. The normalized spacial score (nSPS) is 15.8. The van der Waals surface area contributed by atoms with Crippen LogP contribution in [0.5, 0.6) is 11.5 Å². The average molecular weight is 611 g/mol. The van der Waals surface area contributed by atoms with E-state index in [0.29, 0.717) is 16.8 Å². The van der Waals surface area contributed by atoms with E-state index in [9.17, 15) is 20.0 Å². The molecule has 9 heteroatoms. The summed E-state index contributed by atoms with van der Waals surface area (Å²) in [6, 6.07) is 38.4. The molecule has 1 aliphatic heterocycles. The topological polar surface area (TPSA) is 126 Å². The number of urea groups is 1. The van der Waals surface area contributed by atoms with Gasteiger partial charge in [-0.25, -0.2) is 9.79 Å². The van der Waals surface area contributed by atoms with Crippen LogP contribution in [0.15, 0.2) is 137 Å². The van der Waals surface area contributed by atoms with Gasteiger partial charge in [-0.05, 0) is 41.8 Å². The lowest BCUT2D eigenvalue weighted by molar-refractivity contribution is -0.386. The van der Waals surface area contributed by atoms with Crippen LogP contribution in [0.1, 0.15) is 46.7 Å². The van der Waals surface area contributed by atoms with Crippen molar-refractivity contribution >= 4 is 28.8 Å². The number of amides is 2. The van der Waals surface area contributed by atoms with Crippen molar-refractivity contribution in [3.05, 3.63) is 165 Å². The first kappa shape index (κ1) is 30.0. The van der Waals surface area contributed by atoms with Crippen LogP contribution in [0.4, 0.5) is 16.2 Å². The van der Waals surface area contributed by atoms with Crippen molar-refractivity contribution in [1.29, 1.82) is 0 Å². The molecule has 2 atom stereocenters. The number of phenolic OH excluding ortho intramolecular Hbond substituents is 1. The zero-order chi connectivity index (χ0) is 32.0. The number of nitrogens with one attached hydrogen (secondary N) is 1. The predicted octanol–water partition coefficient (Wildman–Crippen LogP) is 7.91. The Balaban J connectivity index is 1.43. The Labute approximate surface area is 265 Å². The molecule has 5 aromatic carbocycles. The van der Waals surface area contributed by atoms with Gasteiger partial charge in [-0.3, -0.25) is 10.1 Å². The number of nitro groups is 1. The first-order valence-corrected chi connectivity index (χ1v) is 14.8. The highest BCUT2D eigenvalue weighted by atomic mass is 16.6. The Morgan fingerprint density at radius 1 is 0.870 bits per heavy atom. The molecule has 2 unspecified atom stereocenters. The average Bonchev–Trinajstić information content (AvgIpc) is 3.09. The molecule has 0 saturated heterocycles. The molecule has 2 N–H and O–H groups in total. The van der Waals surface area contributed by atoms with E-state index < -0.39 is 34.4 Å². The van der Waals surface area contributed by atoms with Gasteiger partial charge in [-0.2, -0.15) is 4.99 Å². The van der Waals surface area contributed by atoms with Crippen molar-refractivity contribution in [3.8, 4) is 11.5 Å². The number of hydrogen-bond donors (Lipinski definition) is 2. The summed E-state index contributed by atoms with van der Waals surface area (Å²) in [7, 11) is 0. The Kier molecular flexibility index (Phi) is 8.64. The van der Waals surface area contributed by atoms with Crippen LogP contribution in [0.25, 0.3) is 0 Å². The van der Waals surface area contributed by atoms with E-state index in [-0.39, 0.29) is 12.4 Å². The third kappa shape index (κ3) is 6.25. The van der Waals surface area contributed by atoms with E-state index >= 15 is 0 Å². The van der Waals surface area contributed by atoms with Crippen LogP contribution in [0.3, 0.4) is 0 Å². The molecule has 0 radical (unpaired) electrons. The number of nitrogens with zero attached hydrogens (tertiary/aromatic N) is 3. The minimum Gasteiger partial charge on any atom is -0.500 e. The van der Waals surface area contributed by atoms with Gasteiger partial charge in [-0.1, -0.05) is 103 Å². The number of nitro benzene ring substituents is 1. The van der Waals surface area contributed by atoms with Crippen molar-refractivity contribution < 1.29 is 19.6 Å². The summed E-state index contributed by atoms with van der Waals surface area (Å²) in [5.41, 5.74) is 5.43. The number of rotatable bonds is 9. The second kappa shape index (κ2) is 13.3. The van der Waals surface area contributed by atoms with Crippen LogP contribution in [0, 0.1) is 10.1 Å². The van der Waals surface area contributed by atoms with Crippen LogP contribution in [-0.2, 0) is 0 Å². The van der Waals surface area contributed by atoms with Gasteiger partial charge in [0.05, 0.1) is 40.6 Å². The predicted molar refractivity (Wildman–Crippen MR) is 178 cm³/mol. The van der Waals surface area contributed by atoms with Crippen molar-refractivity contribution in [1.82, 2.24) is 5.32 Å². The Morgan fingerprint density at radius 3 is 2.02 bits per heavy atom. The van der Waals surface area contributed by atoms with Crippen molar-refractivity contribution in [2.24, 2.45) is 9.98 Å². The summed E-state index contributed by atoms with van der Waals surface area (Å²) < 4.78 is 5.54. The van der Waals surface area contributed by atoms with Gasteiger partial charge in [0.1, 0.15) is 0 Å². The minimum absolute atomic E-state index is 0.0355.